The lowest BCUT2D eigenvalue weighted by atomic mass is 10.0. The predicted octanol–water partition coefficient (Wildman–Crippen LogP) is 2.88. The van der Waals surface area contributed by atoms with Crippen LogP contribution in [0.25, 0.3) is 11.0 Å². The summed E-state index contributed by atoms with van der Waals surface area (Å²) in [4.78, 5) is 12.2. The smallest absolute Gasteiger partial charge is 0.287 e. The van der Waals surface area contributed by atoms with Crippen molar-refractivity contribution in [3.63, 3.8) is 0 Å². The van der Waals surface area contributed by atoms with Crippen molar-refractivity contribution in [2.75, 3.05) is 6.61 Å². The Kier molecular flexibility index (Phi) is 4.45. The number of fused-ring (bicyclic) bond motifs is 1. The van der Waals surface area contributed by atoms with Crippen molar-refractivity contribution in [3.05, 3.63) is 35.6 Å². The molecule has 20 heavy (non-hydrogen) atoms. The van der Waals surface area contributed by atoms with Crippen LogP contribution >= 0.6 is 0 Å². The van der Waals surface area contributed by atoms with Crippen molar-refractivity contribution >= 4 is 16.9 Å². The lowest BCUT2D eigenvalue weighted by molar-refractivity contribution is 0.0890. The average molecular weight is 275 g/mol. The minimum Gasteiger partial charge on any atom is -0.451 e. The van der Waals surface area contributed by atoms with E-state index in [1.54, 1.807) is 6.07 Å². The molecule has 1 aromatic carbocycles. The molecule has 2 N–H and O–H groups in total. The second-order valence-corrected chi connectivity index (χ2v) is 5.49. The molecule has 2 rings (SSSR count). The van der Waals surface area contributed by atoms with E-state index in [2.05, 4.69) is 5.32 Å². The van der Waals surface area contributed by atoms with Crippen molar-refractivity contribution in [2.45, 2.75) is 33.2 Å². The van der Waals surface area contributed by atoms with Gasteiger partial charge in [-0.05, 0) is 37.5 Å². The van der Waals surface area contributed by atoms with Crippen molar-refractivity contribution in [2.24, 2.45) is 5.92 Å². The number of aliphatic hydroxyl groups is 1. The molecule has 0 aliphatic carbocycles. The van der Waals surface area contributed by atoms with E-state index in [0.29, 0.717) is 17.8 Å². The van der Waals surface area contributed by atoms with Gasteiger partial charge < -0.3 is 14.8 Å². The number of rotatable bonds is 5. The number of nitrogens with one attached hydrogen (secondary N) is 1. The Morgan fingerprint density at radius 2 is 2.10 bits per heavy atom. The zero-order valence-electron chi connectivity index (χ0n) is 12.1. The zero-order valence-corrected chi connectivity index (χ0v) is 12.1. The van der Waals surface area contributed by atoms with Gasteiger partial charge in [-0.25, -0.2) is 0 Å². The average Bonchev–Trinajstić information content (AvgIpc) is 2.80. The molecule has 0 saturated carbocycles. The fraction of sp³-hybridized carbons (Fsp3) is 0.438. The maximum absolute atomic E-state index is 12.2. The first kappa shape index (κ1) is 14.6. The molecule has 108 valence electrons. The Morgan fingerprint density at radius 1 is 1.35 bits per heavy atom. The summed E-state index contributed by atoms with van der Waals surface area (Å²) in [7, 11) is 0. The van der Waals surface area contributed by atoms with Gasteiger partial charge in [-0.2, -0.15) is 0 Å². The molecular formula is C16H21NO3. The molecule has 4 nitrogen and oxygen atoms in total. The standard InChI is InChI=1S/C16H21NO3/c1-10(2)13(6-7-18)17-16(19)15-9-12-8-11(3)4-5-14(12)20-15/h4-5,8-10,13,18H,6-7H2,1-3H3,(H,17,19). The van der Waals surface area contributed by atoms with Crippen molar-refractivity contribution in [3.8, 4) is 0 Å². The lowest BCUT2D eigenvalue weighted by Crippen LogP contribution is -2.39. The van der Waals surface area contributed by atoms with E-state index in [4.69, 9.17) is 9.52 Å². The van der Waals surface area contributed by atoms with Crippen LogP contribution in [0, 0.1) is 12.8 Å². The van der Waals surface area contributed by atoms with Gasteiger partial charge in [0.05, 0.1) is 0 Å². The molecule has 1 atom stereocenters. The maximum atomic E-state index is 12.2. The number of aliphatic hydroxyl groups excluding tert-OH is 1. The monoisotopic (exact) mass is 275 g/mol. The van der Waals surface area contributed by atoms with E-state index in [0.717, 1.165) is 10.9 Å². The normalized spacial score (nSPS) is 12.8. The van der Waals surface area contributed by atoms with Crippen LogP contribution < -0.4 is 5.32 Å². The molecule has 1 aromatic heterocycles. The predicted molar refractivity (Wildman–Crippen MR) is 78.7 cm³/mol. The molecule has 1 amide bonds. The largest absolute Gasteiger partial charge is 0.451 e. The van der Waals surface area contributed by atoms with Gasteiger partial charge in [-0.1, -0.05) is 25.5 Å². The Morgan fingerprint density at radius 3 is 2.75 bits per heavy atom. The van der Waals surface area contributed by atoms with Crippen LogP contribution in [0.3, 0.4) is 0 Å². The van der Waals surface area contributed by atoms with Gasteiger partial charge in [0, 0.05) is 18.0 Å². The third-order valence-electron chi connectivity index (χ3n) is 3.46. The Labute approximate surface area is 118 Å². The molecule has 4 heteroatoms. The Balaban J connectivity index is 2.18. The third-order valence-corrected chi connectivity index (χ3v) is 3.46. The summed E-state index contributed by atoms with van der Waals surface area (Å²) < 4.78 is 5.57. The highest BCUT2D eigenvalue weighted by atomic mass is 16.3. The summed E-state index contributed by atoms with van der Waals surface area (Å²) in [5.41, 5.74) is 1.84. The second-order valence-electron chi connectivity index (χ2n) is 5.49. The summed E-state index contributed by atoms with van der Waals surface area (Å²) in [6, 6.07) is 7.52. The summed E-state index contributed by atoms with van der Waals surface area (Å²) in [5, 5.41) is 12.9. The van der Waals surface area contributed by atoms with Crippen LogP contribution in [0.4, 0.5) is 0 Å². The van der Waals surface area contributed by atoms with Gasteiger partial charge in [-0.3, -0.25) is 4.79 Å². The van der Waals surface area contributed by atoms with Crippen LogP contribution in [0.15, 0.2) is 28.7 Å². The molecule has 0 bridgehead atoms. The van der Waals surface area contributed by atoms with Gasteiger partial charge in [-0.15, -0.1) is 0 Å². The van der Waals surface area contributed by atoms with Gasteiger partial charge in [0.2, 0.25) is 0 Å². The molecular weight excluding hydrogens is 254 g/mol. The number of benzene rings is 1. The molecule has 2 aromatic rings. The highest BCUT2D eigenvalue weighted by molar-refractivity contribution is 5.96. The SMILES string of the molecule is Cc1ccc2oc(C(=O)NC(CCO)C(C)C)cc2c1. The topological polar surface area (TPSA) is 62.5 Å². The van der Waals surface area contributed by atoms with Gasteiger partial charge in [0.1, 0.15) is 5.58 Å². The lowest BCUT2D eigenvalue weighted by Gasteiger charge is -2.20. The zero-order chi connectivity index (χ0) is 14.7. The van der Waals surface area contributed by atoms with E-state index >= 15 is 0 Å². The minimum atomic E-state index is -0.231. The fourth-order valence-electron chi connectivity index (χ4n) is 2.23. The number of carbonyl (C=O) groups excluding carboxylic acids is 1. The number of carbonyl (C=O) groups is 1. The molecule has 0 fully saturated rings. The van der Waals surface area contributed by atoms with Crippen molar-refractivity contribution < 1.29 is 14.3 Å². The van der Waals surface area contributed by atoms with Crippen molar-refractivity contribution in [1.29, 1.82) is 0 Å². The van der Waals surface area contributed by atoms with Crippen LogP contribution in [-0.2, 0) is 0 Å². The molecule has 0 radical (unpaired) electrons. The Hall–Kier alpha value is -1.81. The van der Waals surface area contributed by atoms with E-state index in [1.807, 2.05) is 39.0 Å². The minimum absolute atomic E-state index is 0.0533. The number of hydrogen-bond donors (Lipinski definition) is 2. The molecule has 0 saturated heterocycles. The third kappa shape index (κ3) is 3.20. The first-order chi connectivity index (χ1) is 9.51. The summed E-state index contributed by atoms with van der Waals surface area (Å²) in [6.45, 7) is 6.09. The van der Waals surface area contributed by atoms with Crippen LogP contribution in [0.5, 0.6) is 0 Å². The van der Waals surface area contributed by atoms with Crippen LogP contribution in [-0.4, -0.2) is 23.7 Å². The maximum Gasteiger partial charge on any atom is 0.287 e. The first-order valence-electron chi connectivity index (χ1n) is 6.93. The van der Waals surface area contributed by atoms with Crippen molar-refractivity contribution in [1.82, 2.24) is 5.32 Å². The molecule has 1 unspecified atom stereocenters. The molecule has 1 heterocycles. The Bertz CT molecular complexity index is 601. The summed E-state index contributed by atoms with van der Waals surface area (Å²) >= 11 is 0. The summed E-state index contributed by atoms with van der Waals surface area (Å²) in [5.74, 6) is 0.345. The van der Waals surface area contributed by atoms with E-state index in [-0.39, 0.29) is 24.5 Å². The van der Waals surface area contributed by atoms with E-state index in [9.17, 15) is 4.79 Å². The van der Waals surface area contributed by atoms with E-state index < -0.39 is 0 Å². The van der Waals surface area contributed by atoms with Gasteiger partial charge >= 0.3 is 0 Å². The number of amides is 1. The quantitative estimate of drug-likeness (QED) is 0.882. The fourth-order valence-corrected chi connectivity index (χ4v) is 2.23. The highest BCUT2D eigenvalue weighted by Gasteiger charge is 2.19. The molecule has 0 aliphatic heterocycles. The number of furan rings is 1. The number of aryl methyl sites for hydroxylation is 1. The second kappa shape index (κ2) is 6.09. The molecule has 0 spiro atoms. The number of hydrogen-bond acceptors (Lipinski definition) is 3. The molecule has 0 aliphatic rings. The summed E-state index contributed by atoms with van der Waals surface area (Å²) in [6.07, 6.45) is 0.544. The van der Waals surface area contributed by atoms with Gasteiger partial charge in [0.25, 0.3) is 5.91 Å². The van der Waals surface area contributed by atoms with E-state index in [1.165, 1.54) is 0 Å². The highest BCUT2D eigenvalue weighted by Crippen LogP contribution is 2.21. The van der Waals surface area contributed by atoms with Crippen LogP contribution in [0.2, 0.25) is 0 Å². The van der Waals surface area contributed by atoms with Crippen LogP contribution in [0.1, 0.15) is 36.4 Å². The first-order valence-corrected chi connectivity index (χ1v) is 6.93. The van der Waals surface area contributed by atoms with Gasteiger partial charge in [0.15, 0.2) is 5.76 Å².